The molecule has 1 aliphatic heterocycles. The zero-order chi connectivity index (χ0) is 15.7. The maximum absolute atomic E-state index is 12.3. The van der Waals surface area contributed by atoms with Gasteiger partial charge >= 0.3 is 12.1 Å². The average Bonchev–Trinajstić information content (AvgIpc) is 2.67. The number of urea groups is 2. The fourth-order valence-electron chi connectivity index (χ4n) is 1.88. The van der Waals surface area contributed by atoms with E-state index in [-0.39, 0.29) is 23.3 Å². The first-order chi connectivity index (χ1) is 9.81. The molecule has 1 aromatic rings. The fourth-order valence-corrected chi connectivity index (χ4v) is 2.25. The summed E-state index contributed by atoms with van der Waals surface area (Å²) >= 11 is 11.9. The number of imide groups is 2. The van der Waals surface area contributed by atoms with Crippen LogP contribution in [0.5, 0.6) is 0 Å². The lowest BCUT2D eigenvalue weighted by atomic mass is 10.3. The molecule has 0 atom stereocenters. The third kappa shape index (κ3) is 3.11. The minimum atomic E-state index is -0.748. The molecule has 21 heavy (non-hydrogen) atoms. The molecule has 1 heterocycles. The molecular weight excluding hydrogens is 317 g/mol. The Morgan fingerprint density at radius 1 is 1.29 bits per heavy atom. The van der Waals surface area contributed by atoms with Crippen LogP contribution >= 0.6 is 23.2 Å². The highest BCUT2D eigenvalue weighted by Crippen LogP contribution is 2.31. The Hall–Kier alpha value is -1.79. The molecule has 0 radical (unpaired) electrons. The van der Waals surface area contributed by atoms with Gasteiger partial charge in [0.05, 0.1) is 10.7 Å². The lowest BCUT2D eigenvalue weighted by molar-refractivity contribution is -0.116. The van der Waals surface area contributed by atoms with E-state index in [0.717, 1.165) is 9.80 Å². The molecule has 6 nitrogen and oxygen atoms in total. The molecule has 0 saturated carbocycles. The van der Waals surface area contributed by atoms with Crippen molar-refractivity contribution in [2.24, 2.45) is 0 Å². The zero-order valence-corrected chi connectivity index (χ0v) is 12.9. The van der Waals surface area contributed by atoms with Crippen molar-refractivity contribution in [2.45, 2.75) is 19.9 Å². The minimum Gasteiger partial charge on any atom is -0.335 e. The van der Waals surface area contributed by atoms with E-state index in [1.165, 1.54) is 12.1 Å². The van der Waals surface area contributed by atoms with E-state index >= 15 is 0 Å². The van der Waals surface area contributed by atoms with Crippen molar-refractivity contribution in [3.05, 3.63) is 28.2 Å². The van der Waals surface area contributed by atoms with Crippen LogP contribution in [0.4, 0.5) is 15.3 Å². The predicted octanol–water partition coefficient (Wildman–Crippen LogP) is 2.88. The smallest absolute Gasteiger partial charge is 0.335 e. The monoisotopic (exact) mass is 329 g/mol. The van der Waals surface area contributed by atoms with Gasteiger partial charge < -0.3 is 5.32 Å². The first-order valence-electron chi connectivity index (χ1n) is 6.21. The van der Waals surface area contributed by atoms with Crippen LogP contribution in [0.25, 0.3) is 0 Å². The molecule has 1 aliphatic rings. The molecule has 0 aliphatic carbocycles. The maximum Gasteiger partial charge on any atom is 0.340 e. The van der Waals surface area contributed by atoms with E-state index in [4.69, 9.17) is 23.2 Å². The van der Waals surface area contributed by atoms with Gasteiger partial charge in [-0.25, -0.2) is 19.4 Å². The van der Waals surface area contributed by atoms with Gasteiger partial charge in [-0.2, -0.15) is 0 Å². The maximum atomic E-state index is 12.3. The Morgan fingerprint density at radius 3 is 2.57 bits per heavy atom. The van der Waals surface area contributed by atoms with Gasteiger partial charge in [-0.3, -0.25) is 4.79 Å². The number of nitrogens with one attached hydrogen (secondary N) is 1. The number of nitrogens with zero attached hydrogens (tertiary/aromatic N) is 2. The zero-order valence-electron chi connectivity index (χ0n) is 11.4. The second kappa shape index (κ2) is 5.91. The molecule has 1 fully saturated rings. The van der Waals surface area contributed by atoms with E-state index in [2.05, 4.69) is 5.32 Å². The minimum absolute atomic E-state index is 0.149. The standard InChI is InChI=1S/C13H13Cl2N3O3/c1-7(2)16-12(20)17-6-11(19)18(13(17)21)10-5-8(14)3-4-9(10)15/h3-5,7H,6H2,1-2H3,(H,16,20). The summed E-state index contributed by atoms with van der Waals surface area (Å²) in [5, 5.41) is 3.10. The summed E-state index contributed by atoms with van der Waals surface area (Å²) in [5.74, 6) is -0.539. The largest absolute Gasteiger partial charge is 0.340 e. The van der Waals surface area contributed by atoms with Crippen LogP contribution < -0.4 is 10.2 Å². The second-order valence-corrected chi connectivity index (χ2v) is 5.64. The molecule has 112 valence electrons. The van der Waals surface area contributed by atoms with E-state index < -0.39 is 18.0 Å². The third-order valence-electron chi connectivity index (χ3n) is 2.77. The number of benzene rings is 1. The first-order valence-corrected chi connectivity index (χ1v) is 6.97. The third-order valence-corrected chi connectivity index (χ3v) is 3.33. The van der Waals surface area contributed by atoms with Crippen molar-refractivity contribution >= 4 is 46.9 Å². The molecule has 8 heteroatoms. The van der Waals surface area contributed by atoms with E-state index in [9.17, 15) is 14.4 Å². The first kappa shape index (κ1) is 15.6. The quantitative estimate of drug-likeness (QED) is 0.848. The Bertz CT molecular complexity index is 619. The van der Waals surface area contributed by atoms with Crippen LogP contribution in [0.1, 0.15) is 13.8 Å². The summed E-state index contributed by atoms with van der Waals surface area (Å²) in [6.45, 7) is 3.18. The summed E-state index contributed by atoms with van der Waals surface area (Å²) in [7, 11) is 0. The van der Waals surface area contributed by atoms with Crippen LogP contribution in [0.15, 0.2) is 18.2 Å². The van der Waals surface area contributed by atoms with Crippen molar-refractivity contribution in [2.75, 3.05) is 11.4 Å². The second-order valence-electron chi connectivity index (χ2n) is 4.80. The highest BCUT2D eigenvalue weighted by molar-refractivity contribution is 6.37. The van der Waals surface area contributed by atoms with E-state index in [1.54, 1.807) is 19.9 Å². The number of carbonyl (C=O) groups is 3. The number of carbonyl (C=O) groups excluding carboxylic acids is 3. The van der Waals surface area contributed by atoms with Crippen molar-refractivity contribution in [1.82, 2.24) is 10.2 Å². The fraction of sp³-hybridized carbons (Fsp3) is 0.308. The molecule has 0 aromatic heterocycles. The van der Waals surface area contributed by atoms with Gasteiger partial charge in [-0.15, -0.1) is 0 Å². The molecule has 0 spiro atoms. The number of rotatable bonds is 2. The number of amides is 5. The van der Waals surface area contributed by atoms with Crippen molar-refractivity contribution < 1.29 is 14.4 Å². The molecular formula is C13H13Cl2N3O3. The Morgan fingerprint density at radius 2 is 1.95 bits per heavy atom. The molecule has 1 aromatic carbocycles. The van der Waals surface area contributed by atoms with Crippen molar-refractivity contribution in [3.63, 3.8) is 0 Å². The van der Waals surface area contributed by atoms with Gasteiger partial charge in [-0.05, 0) is 32.0 Å². The Balaban J connectivity index is 2.30. The van der Waals surface area contributed by atoms with Crippen LogP contribution in [-0.4, -0.2) is 35.5 Å². The van der Waals surface area contributed by atoms with Gasteiger partial charge in [-0.1, -0.05) is 23.2 Å². The molecule has 2 rings (SSSR count). The highest BCUT2D eigenvalue weighted by Gasteiger charge is 2.41. The van der Waals surface area contributed by atoms with Gasteiger partial charge in [0.15, 0.2) is 0 Å². The normalized spacial score (nSPS) is 15.1. The number of anilines is 1. The van der Waals surface area contributed by atoms with E-state index in [1.807, 2.05) is 0 Å². The van der Waals surface area contributed by atoms with Gasteiger partial charge in [0.1, 0.15) is 6.54 Å². The predicted molar refractivity (Wildman–Crippen MR) is 79.7 cm³/mol. The van der Waals surface area contributed by atoms with E-state index in [0.29, 0.717) is 5.02 Å². The molecule has 1 N–H and O–H groups in total. The molecule has 5 amide bonds. The summed E-state index contributed by atoms with van der Waals surface area (Å²) in [5.41, 5.74) is 0.166. The average molecular weight is 330 g/mol. The number of hydrogen-bond acceptors (Lipinski definition) is 3. The van der Waals surface area contributed by atoms with Gasteiger partial charge in [0, 0.05) is 11.1 Å². The summed E-state index contributed by atoms with van der Waals surface area (Å²) < 4.78 is 0. The van der Waals surface area contributed by atoms with Crippen LogP contribution in [0.2, 0.25) is 10.0 Å². The molecule has 0 bridgehead atoms. The lowest BCUT2D eigenvalue weighted by Gasteiger charge is -2.18. The van der Waals surface area contributed by atoms with Crippen LogP contribution in [-0.2, 0) is 4.79 Å². The van der Waals surface area contributed by atoms with Crippen molar-refractivity contribution in [3.8, 4) is 0 Å². The molecule has 1 saturated heterocycles. The summed E-state index contributed by atoms with van der Waals surface area (Å²) in [4.78, 5) is 37.9. The number of halogens is 2. The van der Waals surface area contributed by atoms with Gasteiger partial charge in [0.2, 0.25) is 0 Å². The molecule has 0 unspecified atom stereocenters. The summed E-state index contributed by atoms with van der Waals surface area (Å²) in [6, 6.07) is 2.91. The van der Waals surface area contributed by atoms with Crippen LogP contribution in [0.3, 0.4) is 0 Å². The lowest BCUT2D eigenvalue weighted by Crippen LogP contribution is -2.45. The van der Waals surface area contributed by atoms with Gasteiger partial charge in [0.25, 0.3) is 5.91 Å². The summed E-state index contributed by atoms with van der Waals surface area (Å²) in [6.07, 6.45) is 0. The van der Waals surface area contributed by atoms with Crippen molar-refractivity contribution in [1.29, 1.82) is 0 Å². The number of hydrogen-bond donors (Lipinski definition) is 1. The highest BCUT2D eigenvalue weighted by atomic mass is 35.5. The Labute approximate surface area is 131 Å². The topological polar surface area (TPSA) is 69.7 Å². The Kier molecular flexibility index (Phi) is 4.39. The van der Waals surface area contributed by atoms with Crippen LogP contribution in [0, 0.1) is 0 Å². The SMILES string of the molecule is CC(C)NC(=O)N1CC(=O)N(c2cc(Cl)ccc2Cl)C1=O.